The third kappa shape index (κ3) is 4.86. The number of thiazole rings is 1. The predicted octanol–water partition coefficient (Wildman–Crippen LogP) is 4.84. The maximum Gasteiger partial charge on any atom is 0.338 e. The lowest BCUT2D eigenvalue weighted by Gasteiger charge is -2.09. The van der Waals surface area contributed by atoms with Crippen LogP contribution in [0, 0.1) is 6.92 Å². The number of nitrogen functional groups attached to an aromatic ring is 1. The minimum atomic E-state index is -0.314. The average Bonchev–Trinajstić information content (AvgIpc) is 2.98. The van der Waals surface area contributed by atoms with Crippen molar-refractivity contribution in [3.63, 3.8) is 0 Å². The molecule has 0 aliphatic carbocycles. The van der Waals surface area contributed by atoms with Crippen LogP contribution < -0.4 is 10.5 Å². The van der Waals surface area contributed by atoms with Gasteiger partial charge in [-0.2, -0.15) is 0 Å². The Labute approximate surface area is 162 Å². The molecular formula is C21H22N2O3S. The number of hydrogen-bond donors (Lipinski definition) is 1. The molecule has 6 heteroatoms. The Hall–Kier alpha value is -2.86. The molecule has 1 aromatic heterocycles. The Morgan fingerprint density at radius 3 is 2.33 bits per heavy atom. The Morgan fingerprint density at radius 2 is 1.78 bits per heavy atom. The molecule has 1 heterocycles. The van der Waals surface area contributed by atoms with Gasteiger partial charge in [0.2, 0.25) is 0 Å². The molecule has 0 aliphatic rings. The molecule has 0 spiro atoms. The molecule has 2 N–H and O–H groups in total. The molecule has 0 bridgehead atoms. The molecule has 0 saturated heterocycles. The summed E-state index contributed by atoms with van der Waals surface area (Å²) in [6.45, 7) is 6.09. The van der Waals surface area contributed by atoms with Gasteiger partial charge >= 0.3 is 5.97 Å². The molecule has 3 rings (SSSR count). The van der Waals surface area contributed by atoms with E-state index in [1.807, 2.05) is 57.2 Å². The van der Waals surface area contributed by atoms with Gasteiger partial charge < -0.3 is 15.2 Å². The van der Waals surface area contributed by atoms with Crippen LogP contribution in [0.5, 0.6) is 5.75 Å². The van der Waals surface area contributed by atoms with Gasteiger partial charge in [0.05, 0.1) is 17.4 Å². The zero-order valence-electron chi connectivity index (χ0n) is 15.6. The van der Waals surface area contributed by atoms with Crippen LogP contribution in [0.15, 0.2) is 48.5 Å². The first-order valence-corrected chi connectivity index (χ1v) is 9.50. The first kappa shape index (κ1) is 18.9. The van der Waals surface area contributed by atoms with Crippen LogP contribution in [0.3, 0.4) is 0 Å². The van der Waals surface area contributed by atoms with Gasteiger partial charge in [0.25, 0.3) is 0 Å². The van der Waals surface area contributed by atoms with Gasteiger partial charge in [0, 0.05) is 10.4 Å². The summed E-state index contributed by atoms with van der Waals surface area (Å²) in [6, 6.07) is 15.0. The number of ether oxygens (including phenoxy) is 2. The quantitative estimate of drug-likeness (QED) is 0.617. The van der Waals surface area contributed by atoms with Crippen molar-refractivity contribution in [1.29, 1.82) is 0 Å². The van der Waals surface area contributed by atoms with Crippen LogP contribution in [0.4, 0.5) is 5.13 Å². The first-order chi connectivity index (χ1) is 12.9. The van der Waals surface area contributed by atoms with Crippen molar-refractivity contribution in [3.8, 4) is 17.0 Å². The van der Waals surface area contributed by atoms with Crippen molar-refractivity contribution >= 4 is 22.4 Å². The van der Waals surface area contributed by atoms with Crippen molar-refractivity contribution in [1.82, 2.24) is 4.98 Å². The Kier molecular flexibility index (Phi) is 5.76. The van der Waals surface area contributed by atoms with E-state index in [1.54, 1.807) is 12.1 Å². The molecule has 0 fully saturated rings. The van der Waals surface area contributed by atoms with E-state index in [9.17, 15) is 4.79 Å². The second kappa shape index (κ2) is 8.22. The van der Waals surface area contributed by atoms with Gasteiger partial charge in [-0.3, -0.25) is 0 Å². The number of carbonyl (C=O) groups excluding carboxylic acids is 1. The fourth-order valence-electron chi connectivity index (χ4n) is 2.58. The first-order valence-electron chi connectivity index (χ1n) is 8.68. The van der Waals surface area contributed by atoms with Gasteiger partial charge in [-0.15, -0.1) is 11.3 Å². The second-order valence-corrected chi connectivity index (χ2v) is 7.66. The highest BCUT2D eigenvalue weighted by Gasteiger charge is 2.10. The lowest BCUT2D eigenvalue weighted by molar-refractivity contribution is 0.0378. The van der Waals surface area contributed by atoms with Gasteiger partial charge in [-0.25, -0.2) is 9.78 Å². The number of nitrogens with two attached hydrogens (primary N) is 1. The van der Waals surface area contributed by atoms with Crippen molar-refractivity contribution in [2.24, 2.45) is 0 Å². The van der Waals surface area contributed by atoms with Crippen molar-refractivity contribution in [2.45, 2.75) is 33.5 Å². The van der Waals surface area contributed by atoms with E-state index in [2.05, 4.69) is 4.98 Å². The fraction of sp³-hybridized carbons (Fsp3) is 0.238. The van der Waals surface area contributed by atoms with Gasteiger partial charge in [0.15, 0.2) is 5.13 Å². The highest BCUT2D eigenvalue weighted by Crippen LogP contribution is 2.29. The molecule has 0 atom stereocenters. The number of anilines is 1. The van der Waals surface area contributed by atoms with Crippen LogP contribution in [-0.4, -0.2) is 17.1 Å². The molecule has 2 aromatic carbocycles. The molecule has 0 amide bonds. The van der Waals surface area contributed by atoms with E-state index in [0.29, 0.717) is 17.3 Å². The molecule has 0 saturated carbocycles. The standard InChI is InChI=1S/C21H22N2O3S/c1-13(2)26-20(24)17-6-4-15(5-7-17)12-25-18-10-8-16(9-11-18)19-14(3)27-21(22)23-19/h4-11,13H,12H2,1-3H3,(H2,22,23). The highest BCUT2D eigenvalue weighted by atomic mass is 32.1. The largest absolute Gasteiger partial charge is 0.489 e. The maximum atomic E-state index is 11.9. The summed E-state index contributed by atoms with van der Waals surface area (Å²) in [7, 11) is 0. The molecule has 0 aliphatic heterocycles. The molecular weight excluding hydrogens is 360 g/mol. The maximum absolute atomic E-state index is 11.9. The zero-order chi connectivity index (χ0) is 19.4. The third-order valence-corrected chi connectivity index (χ3v) is 4.68. The molecule has 5 nitrogen and oxygen atoms in total. The smallest absolute Gasteiger partial charge is 0.338 e. The minimum Gasteiger partial charge on any atom is -0.489 e. The lowest BCUT2D eigenvalue weighted by Crippen LogP contribution is -2.11. The minimum absolute atomic E-state index is 0.131. The Balaban J connectivity index is 1.60. The monoisotopic (exact) mass is 382 g/mol. The average molecular weight is 382 g/mol. The van der Waals surface area contributed by atoms with E-state index >= 15 is 0 Å². The van der Waals surface area contributed by atoms with Crippen LogP contribution in [-0.2, 0) is 11.3 Å². The Bertz CT molecular complexity index is 916. The van der Waals surface area contributed by atoms with Crippen molar-refractivity contribution in [3.05, 3.63) is 64.5 Å². The van der Waals surface area contributed by atoms with Crippen molar-refractivity contribution < 1.29 is 14.3 Å². The van der Waals surface area contributed by atoms with E-state index in [-0.39, 0.29) is 12.1 Å². The summed E-state index contributed by atoms with van der Waals surface area (Å²) in [6.07, 6.45) is -0.131. The van der Waals surface area contributed by atoms with Gasteiger partial charge in [-0.1, -0.05) is 12.1 Å². The topological polar surface area (TPSA) is 74.4 Å². The van der Waals surface area contributed by atoms with E-state index in [4.69, 9.17) is 15.2 Å². The zero-order valence-corrected chi connectivity index (χ0v) is 16.4. The summed E-state index contributed by atoms with van der Waals surface area (Å²) in [5, 5.41) is 0.573. The van der Waals surface area contributed by atoms with Gasteiger partial charge in [-0.05, 0) is 62.7 Å². The molecule has 140 valence electrons. The number of esters is 1. The summed E-state index contributed by atoms with van der Waals surface area (Å²) >= 11 is 1.48. The summed E-state index contributed by atoms with van der Waals surface area (Å²) in [4.78, 5) is 17.3. The number of carbonyl (C=O) groups is 1. The number of aromatic nitrogens is 1. The summed E-state index contributed by atoms with van der Waals surface area (Å²) in [5.74, 6) is 0.453. The van der Waals surface area contributed by atoms with Crippen LogP contribution in [0.1, 0.15) is 34.6 Å². The molecule has 27 heavy (non-hydrogen) atoms. The van der Waals surface area contributed by atoms with E-state index in [0.717, 1.165) is 27.4 Å². The van der Waals surface area contributed by atoms with Crippen molar-refractivity contribution in [2.75, 3.05) is 5.73 Å². The normalized spacial score (nSPS) is 10.8. The number of hydrogen-bond acceptors (Lipinski definition) is 6. The number of benzene rings is 2. The predicted molar refractivity (Wildman–Crippen MR) is 108 cm³/mol. The molecule has 3 aromatic rings. The SMILES string of the molecule is Cc1sc(N)nc1-c1ccc(OCc2ccc(C(=O)OC(C)C)cc2)cc1. The third-order valence-electron chi connectivity index (χ3n) is 3.88. The highest BCUT2D eigenvalue weighted by molar-refractivity contribution is 7.15. The van der Waals surface area contributed by atoms with Gasteiger partial charge in [0.1, 0.15) is 12.4 Å². The van der Waals surface area contributed by atoms with Crippen LogP contribution in [0.25, 0.3) is 11.3 Å². The summed E-state index contributed by atoms with van der Waals surface area (Å²) in [5.41, 5.74) is 9.20. The lowest BCUT2D eigenvalue weighted by atomic mass is 10.1. The number of aryl methyl sites for hydroxylation is 1. The van der Waals surface area contributed by atoms with E-state index < -0.39 is 0 Å². The fourth-order valence-corrected chi connectivity index (χ4v) is 3.29. The van der Waals surface area contributed by atoms with Crippen LogP contribution >= 0.6 is 11.3 Å². The Morgan fingerprint density at radius 1 is 1.11 bits per heavy atom. The second-order valence-electron chi connectivity index (χ2n) is 6.42. The number of rotatable bonds is 6. The van der Waals surface area contributed by atoms with E-state index in [1.165, 1.54) is 11.3 Å². The number of nitrogens with zero attached hydrogens (tertiary/aromatic N) is 1. The summed E-state index contributed by atoms with van der Waals surface area (Å²) < 4.78 is 11.0. The molecule has 0 radical (unpaired) electrons. The molecule has 0 unspecified atom stereocenters. The van der Waals surface area contributed by atoms with Crippen LogP contribution in [0.2, 0.25) is 0 Å².